The lowest BCUT2D eigenvalue weighted by molar-refractivity contribution is 0.0601. The van der Waals surface area contributed by atoms with Gasteiger partial charge in [0.15, 0.2) is 0 Å². The molecule has 1 N–H and O–H groups in total. The van der Waals surface area contributed by atoms with Crippen molar-refractivity contribution in [2.24, 2.45) is 0 Å². The number of hydrogen-bond donors (Lipinski definition) is 1. The summed E-state index contributed by atoms with van der Waals surface area (Å²) in [6.45, 7) is 0.541. The van der Waals surface area contributed by atoms with E-state index < -0.39 is 5.97 Å². The molecule has 0 unspecified atom stereocenters. The smallest absolute Gasteiger partial charge is 0.339 e. The zero-order chi connectivity index (χ0) is 15.4. The van der Waals surface area contributed by atoms with E-state index in [1.807, 2.05) is 6.07 Å². The molecule has 0 amide bonds. The van der Waals surface area contributed by atoms with Crippen LogP contribution in [0.5, 0.6) is 0 Å². The first kappa shape index (κ1) is 16.0. The van der Waals surface area contributed by atoms with Crippen molar-refractivity contribution < 1.29 is 9.53 Å². The van der Waals surface area contributed by atoms with E-state index in [0.717, 1.165) is 11.3 Å². The molecule has 6 heteroatoms. The maximum Gasteiger partial charge on any atom is 0.339 e. The highest BCUT2D eigenvalue weighted by Gasteiger charge is 2.11. The molecule has 0 aliphatic carbocycles. The van der Waals surface area contributed by atoms with Gasteiger partial charge in [-0.25, -0.2) is 4.79 Å². The second-order valence-electron chi connectivity index (χ2n) is 4.29. The molecule has 0 aromatic heterocycles. The van der Waals surface area contributed by atoms with Gasteiger partial charge in [-0.05, 0) is 35.9 Å². The number of rotatable bonds is 4. The highest BCUT2D eigenvalue weighted by atomic mass is 35.5. The Balaban J connectivity index is 2.13. The maximum absolute atomic E-state index is 11.6. The Labute approximate surface area is 137 Å². The first-order valence-electron chi connectivity index (χ1n) is 6.07. The summed E-state index contributed by atoms with van der Waals surface area (Å²) in [5, 5.41) is 4.55. The lowest BCUT2D eigenvalue weighted by atomic mass is 10.2. The van der Waals surface area contributed by atoms with Crippen LogP contribution >= 0.6 is 34.8 Å². The molecule has 0 bridgehead atoms. The molecule has 21 heavy (non-hydrogen) atoms. The molecule has 0 saturated heterocycles. The van der Waals surface area contributed by atoms with Crippen LogP contribution in [-0.4, -0.2) is 13.1 Å². The van der Waals surface area contributed by atoms with E-state index in [0.29, 0.717) is 27.2 Å². The molecule has 110 valence electrons. The van der Waals surface area contributed by atoms with Crippen LogP contribution in [0.2, 0.25) is 15.1 Å². The molecule has 2 rings (SSSR count). The fraction of sp³-hybridized carbons (Fsp3) is 0.133. The highest BCUT2D eigenvalue weighted by Crippen LogP contribution is 2.24. The van der Waals surface area contributed by atoms with Crippen LogP contribution < -0.4 is 5.32 Å². The predicted octanol–water partition coefficient (Wildman–Crippen LogP) is 5.05. The van der Waals surface area contributed by atoms with Crippen LogP contribution in [0.1, 0.15) is 15.9 Å². The third kappa shape index (κ3) is 4.03. The number of esters is 1. The van der Waals surface area contributed by atoms with E-state index in [1.165, 1.54) is 7.11 Å². The van der Waals surface area contributed by atoms with Crippen molar-refractivity contribution in [3.8, 4) is 0 Å². The van der Waals surface area contributed by atoms with Crippen molar-refractivity contribution in [3.63, 3.8) is 0 Å². The fourth-order valence-corrected chi connectivity index (χ4v) is 2.27. The molecular weight excluding hydrogens is 333 g/mol. The number of benzene rings is 2. The Morgan fingerprint density at radius 1 is 1.05 bits per heavy atom. The van der Waals surface area contributed by atoms with Crippen LogP contribution in [0.3, 0.4) is 0 Å². The molecule has 2 aromatic rings. The molecule has 0 spiro atoms. The average molecular weight is 345 g/mol. The second kappa shape index (κ2) is 7.03. The number of ether oxygens (including phenoxy) is 1. The monoisotopic (exact) mass is 343 g/mol. The fourth-order valence-electron chi connectivity index (χ4n) is 1.76. The Morgan fingerprint density at radius 3 is 2.43 bits per heavy atom. The number of hydrogen-bond acceptors (Lipinski definition) is 3. The first-order valence-corrected chi connectivity index (χ1v) is 7.20. The SMILES string of the molecule is COC(=O)c1cc(NCc2ccc(Cl)c(Cl)c2)ccc1Cl. The number of carbonyl (C=O) groups excluding carboxylic acids is 1. The molecule has 0 radical (unpaired) electrons. The van der Waals surface area contributed by atoms with Crippen molar-refractivity contribution in [2.75, 3.05) is 12.4 Å². The molecule has 0 aliphatic rings. The van der Waals surface area contributed by atoms with Gasteiger partial charge >= 0.3 is 5.97 Å². The van der Waals surface area contributed by atoms with Crippen LogP contribution in [0.15, 0.2) is 36.4 Å². The normalized spacial score (nSPS) is 10.3. The van der Waals surface area contributed by atoms with E-state index in [4.69, 9.17) is 34.8 Å². The lowest BCUT2D eigenvalue weighted by Gasteiger charge is -2.10. The topological polar surface area (TPSA) is 38.3 Å². The van der Waals surface area contributed by atoms with Gasteiger partial charge in [0.2, 0.25) is 0 Å². The summed E-state index contributed by atoms with van der Waals surface area (Å²) in [5.41, 5.74) is 2.04. The Morgan fingerprint density at radius 2 is 1.76 bits per heavy atom. The van der Waals surface area contributed by atoms with Crippen molar-refractivity contribution >= 4 is 46.5 Å². The summed E-state index contributed by atoms with van der Waals surface area (Å²) in [6.07, 6.45) is 0. The minimum atomic E-state index is -0.474. The van der Waals surface area contributed by atoms with E-state index in [1.54, 1.807) is 30.3 Å². The van der Waals surface area contributed by atoms with Crippen LogP contribution in [0, 0.1) is 0 Å². The largest absolute Gasteiger partial charge is 0.465 e. The van der Waals surface area contributed by atoms with Gasteiger partial charge in [0.1, 0.15) is 0 Å². The summed E-state index contributed by atoms with van der Waals surface area (Å²) >= 11 is 17.8. The van der Waals surface area contributed by atoms with Gasteiger partial charge in [-0.2, -0.15) is 0 Å². The van der Waals surface area contributed by atoms with Crippen LogP contribution in [-0.2, 0) is 11.3 Å². The number of carbonyl (C=O) groups is 1. The molecule has 0 heterocycles. The standard InChI is InChI=1S/C15H12Cl3NO2/c1-21-15(20)11-7-10(3-5-12(11)16)19-8-9-2-4-13(17)14(18)6-9/h2-7,19H,8H2,1H3. The van der Waals surface area contributed by atoms with E-state index >= 15 is 0 Å². The molecule has 0 fully saturated rings. The van der Waals surface area contributed by atoms with Crippen molar-refractivity contribution in [2.45, 2.75) is 6.54 Å². The van der Waals surface area contributed by atoms with Crippen molar-refractivity contribution in [1.82, 2.24) is 0 Å². The van der Waals surface area contributed by atoms with Crippen LogP contribution in [0.4, 0.5) is 5.69 Å². The van der Waals surface area contributed by atoms with Gasteiger partial charge in [0.05, 0.1) is 27.7 Å². The summed E-state index contributed by atoms with van der Waals surface area (Å²) < 4.78 is 4.68. The Kier molecular flexibility index (Phi) is 5.34. The summed E-state index contributed by atoms with van der Waals surface area (Å²) in [4.78, 5) is 11.6. The van der Waals surface area contributed by atoms with Crippen LogP contribution in [0.25, 0.3) is 0 Å². The molecule has 2 aromatic carbocycles. The minimum Gasteiger partial charge on any atom is -0.465 e. The van der Waals surface area contributed by atoms with Gasteiger partial charge in [0.25, 0.3) is 0 Å². The quantitative estimate of drug-likeness (QED) is 0.789. The second-order valence-corrected chi connectivity index (χ2v) is 5.51. The van der Waals surface area contributed by atoms with Gasteiger partial charge in [-0.15, -0.1) is 0 Å². The molecule has 0 atom stereocenters. The van der Waals surface area contributed by atoms with Crippen molar-refractivity contribution in [3.05, 3.63) is 62.6 Å². The maximum atomic E-state index is 11.6. The lowest BCUT2D eigenvalue weighted by Crippen LogP contribution is -2.05. The zero-order valence-electron chi connectivity index (χ0n) is 11.1. The van der Waals surface area contributed by atoms with E-state index in [-0.39, 0.29) is 0 Å². The summed E-state index contributed by atoms with van der Waals surface area (Å²) in [7, 11) is 1.31. The third-order valence-electron chi connectivity index (χ3n) is 2.85. The number of methoxy groups -OCH3 is 1. The summed E-state index contributed by atoms with van der Waals surface area (Å²) in [5.74, 6) is -0.474. The third-order valence-corrected chi connectivity index (χ3v) is 3.92. The Bertz CT molecular complexity index is 674. The summed E-state index contributed by atoms with van der Waals surface area (Å²) in [6, 6.07) is 10.5. The molecule has 0 saturated carbocycles. The highest BCUT2D eigenvalue weighted by molar-refractivity contribution is 6.42. The zero-order valence-corrected chi connectivity index (χ0v) is 13.4. The molecule has 0 aliphatic heterocycles. The van der Waals surface area contributed by atoms with Gasteiger partial charge < -0.3 is 10.1 Å². The van der Waals surface area contributed by atoms with E-state index in [2.05, 4.69) is 10.1 Å². The Hall–Kier alpha value is -1.42. The first-order chi connectivity index (χ1) is 10.0. The predicted molar refractivity (Wildman–Crippen MR) is 86.6 cm³/mol. The van der Waals surface area contributed by atoms with Gasteiger partial charge in [-0.1, -0.05) is 40.9 Å². The molecule has 3 nitrogen and oxygen atoms in total. The van der Waals surface area contributed by atoms with E-state index in [9.17, 15) is 4.79 Å². The van der Waals surface area contributed by atoms with Gasteiger partial charge in [-0.3, -0.25) is 0 Å². The number of halogens is 3. The number of nitrogens with one attached hydrogen (secondary N) is 1. The molecular formula is C15H12Cl3NO2. The minimum absolute atomic E-state index is 0.318. The van der Waals surface area contributed by atoms with Gasteiger partial charge in [0, 0.05) is 12.2 Å². The average Bonchev–Trinajstić information content (AvgIpc) is 2.49. The number of anilines is 1. The van der Waals surface area contributed by atoms with Crippen molar-refractivity contribution in [1.29, 1.82) is 0 Å².